The largest absolute Gasteiger partial charge is 0.453 e. The third-order valence-electron chi connectivity index (χ3n) is 4.16. The maximum Gasteiger partial charge on any atom is 0.258 e. The van der Waals surface area contributed by atoms with E-state index in [0.717, 1.165) is 29.6 Å². The molecule has 4 aromatic rings. The van der Waals surface area contributed by atoms with Gasteiger partial charge >= 0.3 is 0 Å². The zero-order chi connectivity index (χ0) is 15.2. The molecule has 1 aliphatic heterocycles. The molecule has 0 saturated carbocycles. The molecule has 0 unspecified atom stereocenters. The van der Waals surface area contributed by atoms with Crippen molar-refractivity contribution in [2.45, 2.75) is 13.1 Å². The molecule has 0 radical (unpaired) electrons. The summed E-state index contributed by atoms with van der Waals surface area (Å²) < 4.78 is 11.2. The minimum atomic E-state index is 0.467. The smallest absolute Gasteiger partial charge is 0.258 e. The van der Waals surface area contributed by atoms with Gasteiger partial charge in [0.05, 0.1) is 0 Å². The fraction of sp³-hybridized carbons (Fsp3) is 0.111. The topological polar surface area (TPSA) is 64.1 Å². The van der Waals surface area contributed by atoms with Crippen LogP contribution in [0.15, 0.2) is 57.5 Å². The van der Waals surface area contributed by atoms with Gasteiger partial charge in [-0.15, -0.1) is 0 Å². The van der Waals surface area contributed by atoms with E-state index >= 15 is 0 Å². The first-order valence-corrected chi connectivity index (χ1v) is 7.52. The number of furan rings is 1. The maximum atomic E-state index is 5.78. The first kappa shape index (κ1) is 12.6. The van der Waals surface area contributed by atoms with Crippen LogP contribution in [0.4, 0.5) is 0 Å². The minimum absolute atomic E-state index is 0.467. The first-order chi connectivity index (χ1) is 11.4. The third kappa shape index (κ3) is 2.05. The van der Waals surface area contributed by atoms with Crippen molar-refractivity contribution in [2.75, 3.05) is 0 Å². The number of hydrogen-bond donors (Lipinski definition) is 1. The molecule has 2 aromatic heterocycles. The number of benzene rings is 2. The molecule has 0 saturated heterocycles. The highest BCUT2D eigenvalue weighted by Crippen LogP contribution is 2.29. The molecule has 5 nitrogen and oxygen atoms in total. The molecule has 0 bridgehead atoms. The van der Waals surface area contributed by atoms with Crippen molar-refractivity contribution in [3.05, 3.63) is 59.7 Å². The predicted octanol–water partition coefficient (Wildman–Crippen LogP) is 3.75. The van der Waals surface area contributed by atoms with E-state index in [4.69, 9.17) is 8.94 Å². The molecule has 3 heterocycles. The molecule has 2 aromatic carbocycles. The summed E-state index contributed by atoms with van der Waals surface area (Å²) in [5.74, 6) is 1.59. The van der Waals surface area contributed by atoms with Crippen molar-refractivity contribution in [1.82, 2.24) is 15.5 Å². The Kier molecular flexibility index (Phi) is 2.63. The summed E-state index contributed by atoms with van der Waals surface area (Å²) in [6, 6.07) is 16.0. The Morgan fingerprint density at radius 1 is 0.957 bits per heavy atom. The van der Waals surface area contributed by atoms with Gasteiger partial charge in [0.1, 0.15) is 5.58 Å². The van der Waals surface area contributed by atoms with Crippen molar-refractivity contribution in [3.63, 3.8) is 0 Å². The molecule has 0 aliphatic carbocycles. The fourth-order valence-electron chi connectivity index (χ4n) is 2.96. The zero-order valence-corrected chi connectivity index (χ0v) is 12.2. The Bertz CT molecular complexity index is 983. The third-order valence-corrected chi connectivity index (χ3v) is 4.16. The van der Waals surface area contributed by atoms with Crippen molar-refractivity contribution in [1.29, 1.82) is 0 Å². The average molecular weight is 303 g/mol. The Balaban J connectivity index is 1.55. The number of fused-ring (bicyclic) bond motifs is 2. The second-order valence-corrected chi connectivity index (χ2v) is 5.66. The van der Waals surface area contributed by atoms with Crippen LogP contribution in [0.25, 0.3) is 34.0 Å². The summed E-state index contributed by atoms with van der Waals surface area (Å²) in [5.41, 5.74) is 4.36. The summed E-state index contributed by atoms with van der Waals surface area (Å²) in [4.78, 5) is 4.48. The number of para-hydroxylation sites is 1. The van der Waals surface area contributed by atoms with Gasteiger partial charge in [-0.3, -0.25) is 0 Å². The molecule has 1 N–H and O–H groups in total. The van der Waals surface area contributed by atoms with Crippen LogP contribution in [0, 0.1) is 0 Å². The Hall–Kier alpha value is -2.92. The van der Waals surface area contributed by atoms with Crippen LogP contribution in [-0.2, 0) is 13.1 Å². The van der Waals surface area contributed by atoms with Crippen LogP contribution in [0.2, 0.25) is 0 Å². The van der Waals surface area contributed by atoms with Crippen molar-refractivity contribution in [2.24, 2.45) is 0 Å². The van der Waals surface area contributed by atoms with Gasteiger partial charge in [0, 0.05) is 24.0 Å². The van der Waals surface area contributed by atoms with Gasteiger partial charge in [-0.05, 0) is 35.4 Å². The molecule has 0 spiro atoms. The van der Waals surface area contributed by atoms with E-state index in [1.807, 2.05) is 36.4 Å². The van der Waals surface area contributed by atoms with Crippen LogP contribution < -0.4 is 5.32 Å². The first-order valence-electron chi connectivity index (χ1n) is 7.52. The average Bonchev–Trinajstić information content (AvgIpc) is 3.31. The number of rotatable bonds is 2. The number of nitrogens with zero attached hydrogens (tertiary/aromatic N) is 2. The summed E-state index contributed by atoms with van der Waals surface area (Å²) in [7, 11) is 0. The molecule has 0 amide bonds. The molecular weight excluding hydrogens is 290 g/mol. The quantitative estimate of drug-likeness (QED) is 0.611. The lowest BCUT2D eigenvalue weighted by atomic mass is 10.1. The van der Waals surface area contributed by atoms with Crippen LogP contribution in [0.3, 0.4) is 0 Å². The van der Waals surface area contributed by atoms with Gasteiger partial charge < -0.3 is 14.3 Å². The summed E-state index contributed by atoms with van der Waals surface area (Å²) >= 11 is 0. The van der Waals surface area contributed by atoms with Gasteiger partial charge in [0.25, 0.3) is 5.89 Å². The highest BCUT2D eigenvalue weighted by atomic mass is 16.5. The van der Waals surface area contributed by atoms with E-state index < -0.39 is 0 Å². The molecule has 5 rings (SSSR count). The Morgan fingerprint density at radius 3 is 2.83 bits per heavy atom. The van der Waals surface area contributed by atoms with Gasteiger partial charge in [0.2, 0.25) is 5.82 Å². The SMILES string of the molecule is c1ccc2oc(-c3noc(-c4ccc5c(c4)CNC5)n3)cc2c1. The normalized spacial score (nSPS) is 13.6. The fourth-order valence-corrected chi connectivity index (χ4v) is 2.96. The van der Waals surface area contributed by atoms with E-state index in [0.29, 0.717) is 17.5 Å². The van der Waals surface area contributed by atoms with Gasteiger partial charge in [0.15, 0.2) is 5.76 Å². The van der Waals surface area contributed by atoms with Gasteiger partial charge in [-0.1, -0.05) is 29.4 Å². The Morgan fingerprint density at radius 2 is 1.87 bits per heavy atom. The summed E-state index contributed by atoms with van der Waals surface area (Å²) in [6.07, 6.45) is 0. The molecule has 0 fully saturated rings. The van der Waals surface area contributed by atoms with E-state index in [-0.39, 0.29) is 0 Å². The molecule has 23 heavy (non-hydrogen) atoms. The summed E-state index contributed by atoms with van der Waals surface area (Å²) in [6.45, 7) is 1.80. The molecule has 5 heteroatoms. The molecule has 1 aliphatic rings. The molecular formula is C18H13N3O2. The summed E-state index contributed by atoms with van der Waals surface area (Å²) in [5, 5.41) is 8.41. The van der Waals surface area contributed by atoms with Crippen molar-refractivity contribution in [3.8, 4) is 23.0 Å². The van der Waals surface area contributed by atoms with Crippen LogP contribution in [0.1, 0.15) is 11.1 Å². The monoisotopic (exact) mass is 303 g/mol. The second-order valence-electron chi connectivity index (χ2n) is 5.66. The molecule has 0 atom stereocenters. The highest BCUT2D eigenvalue weighted by molar-refractivity contribution is 5.81. The maximum absolute atomic E-state index is 5.78. The van der Waals surface area contributed by atoms with Crippen molar-refractivity contribution >= 4 is 11.0 Å². The van der Waals surface area contributed by atoms with E-state index in [2.05, 4.69) is 27.6 Å². The minimum Gasteiger partial charge on any atom is -0.453 e. The van der Waals surface area contributed by atoms with E-state index in [1.54, 1.807) is 0 Å². The second kappa shape index (κ2) is 4.79. The predicted molar refractivity (Wildman–Crippen MR) is 85.5 cm³/mol. The lowest BCUT2D eigenvalue weighted by Crippen LogP contribution is -1.99. The van der Waals surface area contributed by atoms with Gasteiger partial charge in [-0.2, -0.15) is 4.98 Å². The Labute approximate surface area is 131 Å². The molecule has 112 valence electrons. The number of nitrogens with one attached hydrogen (secondary N) is 1. The number of hydrogen-bond acceptors (Lipinski definition) is 5. The lowest BCUT2D eigenvalue weighted by Gasteiger charge is -1.99. The van der Waals surface area contributed by atoms with Crippen LogP contribution in [-0.4, -0.2) is 10.1 Å². The zero-order valence-electron chi connectivity index (χ0n) is 12.2. The van der Waals surface area contributed by atoms with E-state index in [9.17, 15) is 0 Å². The van der Waals surface area contributed by atoms with Crippen molar-refractivity contribution < 1.29 is 8.94 Å². The van der Waals surface area contributed by atoms with E-state index in [1.165, 1.54) is 11.1 Å². The van der Waals surface area contributed by atoms with Crippen LogP contribution >= 0.6 is 0 Å². The number of aromatic nitrogens is 2. The highest BCUT2D eigenvalue weighted by Gasteiger charge is 2.17. The standard InChI is InChI=1S/C18H13N3O2/c1-2-4-15-11(3-1)8-16(22-15)17-20-18(23-21-17)12-5-6-13-9-19-10-14(13)7-12/h1-8,19H,9-10H2. The van der Waals surface area contributed by atoms with Crippen LogP contribution in [0.5, 0.6) is 0 Å². The van der Waals surface area contributed by atoms with Gasteiger partial charge in [-0.25, -0.2) is 0 Å². The lowest BCUT2D eigenvalue weighted by molar-refractivity contribution is 0.430.